The van der Waals surface area contributed by atoms with Gasteiger partial charge in [0.05, 0.1) is 13.2 Å². The highest BCUT2D eigenvalue weighted by molar-refractivity contribution is 7.80. The zero-order chi connectivity index (χ0) is 14.6. The van der Waals surface area contributed by atoms with Crippen molar-refractivity contribution in [1.29, 1.82) is 0 Å². The molecular formula is C15H23NO4S. The number of nitrogens with zero attached hydrogens (tertiary/aromatic N) is 1. The molecule has 6 unspecified atom stereocenters. The lowest BCUT2D eigenvalue weighted by atomic mass is 9.72. The van der Waals surface area contributed by atoms with Crippen LogP contribution in [0.3, 0.4) is 0 Å². The van der Waals surface area contributed by atoms with Gasteiger partial charge in [-0.15, -0.1) is 0 Å². The molecule has 3 aliphatic carbocycles. The van der Waals surface area contributed by atoms with Crippen molar-refractivity contribution in [3.8, 4) is 0 Å². The van der Waals surface area contributed by atoms with E-state index in [1.807, 2.05) is 0 Å². The molecule has 0 aromatic rings. The predicted octanol–water partition coefficient (Wildman–Crippen LogP) is 2.52. The van der Waals surface area contributed by atoms with E-state index in [-0.39, 0.29) is 10.8 Å². The van der Waals surface area contributed by atoms with Crippen molar-refractivity contribution in [3.05, 3.63) is 10.1 Å². The molecular weight excluding hydrogens is 290 g/mol. The van der Waals surface area contributed by atoms with Crippen molar-refractivity contribution in [3.63, 3.8) is 0 Å². The van der Waals surface area contributed by atoms with Crippen LogP contribution in [0.15, 0.2) is 0 Å². The van der Waals surface area contributed by atoms with Gasteiger partial charge in [-0.3, -0.25) is 10.1 Å². The first-order valence-electron chi connectivity index (χ1n) is 8.21. The van der Waals surface area contributed by atoms with Crippen LogP contribution in [0.4, 0.5) is 0 Å². The summed E-state index contributed by atoms with van der Waals surface area (Å²) in [6, 6.07) is -0.414. The maximum atomic E-state index is 11.2. The van der Waals surface area contributed by atoms with Crippen molar-refractivity contribution in [2.75, 3.05) is 13.2 Å². The number of hydrogen-bond acceptors (Lipinski definition) is 5. The largest absolute Gasteiger partial charge is 0.347 e. The Balaban J connectivity index is 1.67. The first kappa shape index (κ1) is 14.3. The maximum absolute atomic E-state index is 11.2. The molecule has 1 heterocycles. The second-order valence-electron chi connectivity index (χ2n) is 7.18. The monoisotopic (exact) mass is 313 g/mol. The normalized spacial score (nSPS) is 48.0. The van der Waals surface area contributed by atoms with E-state index < -0.39 is 11.8 Å². The molecule has 3 saturated carbocycles. The standard InChI is InChI=1S/C15H23NO4S/c17-16(18)9-1-3-11-12-4-2-10(21)8-14(12)15(13(11)7-9)19-5-6-20-15/h9-14,21H,1-8H2. The van der Waals surface area contributed by atoms with Gasteiger partial charge in [0.2, 0.25) is 6.04 Å². The predicted molar refractivity (Wildman–Crippen MR) is 79.9 cm³/mol. The fourth-order valence-corrected chi connectivity index (χ4v) is 6.01. The van der Waals surface area contributed by atoms with Gasteiger partial charge in [-0.2, -0.15) is 12.6 Å². The molecule has 0 radical (unpaired) electrons. The average molecular weight is 313 g/mol. The molecule has 1 saturated heterocycles. The van der Waals surface area contributed by atoms with Crippen LogP contribution in [0.2, 0.25) is 0 Å². The molecule has 0 aromatic heterocycles. The second-order valence-corrected chi connectivity index (χ2v) is 7.91. The van der Waals surface area contributed by atoms with Crippen LogP contribution in [0, 0.1) is 33.8 Å². The summed E-state index contributed by atoms with van der Waals surface area (Å²) in [6.07, 6.45) is 5.67. The molecule has 1 aliphatic heterocycles. The molecule has 4 rings (SSSR count). The highest BCUT2D eigenvalue weighted by atomic mass is 32.1. The minimum Gasteiger partial charge on any atom is -0.347 e. The Morgan fingerprint density at radius 1 is 1.00 bits per heavy atom. The summed E-state index contributed by atoms with van der Waals surface area (Å²) in [4.78, 5) is 11.1. The van der Waals surface area contributed by atoms with E-state index in [4.69, 9.17) is 9.47 Å². The summed E-state index contributed by atoms with van der Waals surface area (Å²) in [5.41, 5.74) is 0. The highest BCUT2D eigenvalue weighted by Gasteiger charge is 2.66. The zero-order valence-corrected chi connectivity index (χ0v) is 13.0. The number of nitro groups is 1. The highest BCUT2D eigenvalue weighted by Crippen LogP contribution is 2.62. The Hall–Kier alpha value is -0.330. The lowest BCUT2D eigenvalue weighted by molar-refractivity contribution is -0.530. The van der Waals surface area contributed by atoms with Gasteiger partial charge >= 0.3 is 0 Å². The van der Waals surface area contributed by atoms with Gasteiger partial charge in [0.1, 0.15) is 0 Å². The third-order valence-corrected chi connectivity index (χ3v) is 6.84. The minimum absolute atomic E-state index is 0.0950. The lowest BCUT2D eigenvalue weighted by Gasteiger charge is -2.39. The van der Waals surface area contributed by atoms with Gasteiger partial charge in [-0.25, -0.2) is 0 Å². The fraction of sp³-hybridized carbons (Fsp3) is 1.00. The summed E-state index contributed by atoms with van der Waals surface area (Å²) in [7, 11) is 0. The van der Waals surface area contributed by atoms with E-state index in [1.165, 1.54) is 6.42 Å². The van der Waals surface area contributed by atoms with Crippen molar-refractivity contribution in [2.24, 2.45) is 23.7 Å². The van der Waals surface area contributed by atoms with Crippen molar-refractivity contribution < 1.29 is 14.4 Å². The van der Waals surface area contributed by atoms with Crippen LogP contribution in [0.1, 0.15) is 38.5 Å². The van der Waals surface area contributed by atoms with Crippen LogP contribution in [0.25, 0.3) is 0 Å². The Bertz CT molecular complexity index is 439. The van der Waals surface area contributed by atoms with Crippen molar-refractivity contribution >= 4 is 12.6 Å². The summed E-state index contributed by atoms with van der Waals surface area (Å²) in [5, 5.41) is 11.6. The summed E-state index contributed by atoms with van der Waals surface area (Å²) in [5.74, 6) is 1.22. The number of thiol groups is 1. The Morgan fingerprint density at radius 2 is 1.62 bits per heavy atom. The molecule has 4 fully saturated rings. The van der Waals surface area contributed by atoms with Crippen LogP contribution >= 0.6 is 12.6 Å². The SMILES string of the molecule is O=[N+]([O-])C1CCC2C3CCC(S)CC3C3(OCCO3)C2C1. The Labute approximate surface area is 130 Å². The molecule has 5 nitrogen and oxygen atoms in total. The van der Waals surface area contributed by atoms with Gasteiger partial charge in [-0.1, -0.05) is 0 Å². The number of hydrogen-bond donors (Lipinski definition) is 1. The van der Waals surface area contributed by atoms with E-state index >= 15 is 0 Å². The molecule has 1 spiro atoms. The van der Waals surface area contributed by atoms with Crippen molar-refractivity contribution in [2.45, 2.75) is 55.6 Å². The third kappa shape index (κ3) is 2.05. The first-order valence-corrected chi connectivity index (χ1v) is 8.73. The molecule has 118 valence electrons. The lowest BCUT2D eigenvalue weighted by Crippen LogP contribution is -2.46. The van der Waals surface area contributed by atoms with E-state index in [2.05, 4.69) is 12.6 Å². The third-order valence-electron chi connectivity index (χ3n) is 6.37. The van der Waals surface area contributed by atoms with Gasteiger partial charge in [0, 0.05) is 34.9 Å². The molecule has 0 bridgehead atoms. The van der Waals surface area contributed by atoms with Crippen LogP contribution in [-0.4, -0.2) is 35.2 Å². The average Bonchev–Trinajstić information content (AvgIpc) is 3.05. The smallest absolute Gasteiger partial charge is 0.213 e. The molecule has 0 amide bonds. The molecule has 21 heavy (non-hydrogen) atoms. The zero-order valence-electron chi connectivity index (χ0n) is 12.1. The Kier molecular flexibility index (Phi) is 3.47. The van der Waals surface area contributed by atoms with Crippen molar-refractivity contribution in [1.82, 2.24) is 0 Å². The minimum atomic E-state index is -0.536. The van der Waals surface area contributed by atoms with Crippen LogP contribution < -0.4 is 0 Å². The van der Waals surface area contributed by atoms with E-state index in [0.717, 1.165) is 25.7 Å². The molecule has 0 aromatic carbocycles. The number of fused-ring (bicyclic) bond motifs is 5. The number of rotatable bonds is 1. The summed E-state index contributed by atoms with van der Waals surface area (Å²) in [6.45, 7) is 1.26. The summed E-state index contributed by atoms with van der Waals surface area (Å²) < 4.78 is 12.3. The topological polar surface area (TPSA) is 61.6 Å². The molecule has 6 heteroatoms. The molecule has 6 atom stereocenters. The van der Waals surface area contributed by atoms with Gasteiger partial charge in [0.25, 0.3) is 0 Å². The molecule has 0 N–H and O–H groups in total. The molecule has 4 aliphatic rings. The Morgan fingerprint density at radius 3 is 2.29 bits per heavy atom. The number of ether oxygens (including phenoxy) is 2. The van der Waals surface area contributed by atoms with Gasteiger partial charge in [0.15, 0.2) is 5.79 Å². The quantitative estimate of drug-likeness (QED) is 0.459. The van der Waals surface area contributed by atoms with E-state index in [9.17, 15) is 10.1 Å². The maximum Gasteiger partial charge on any atom is 0.213 e. The van der Waals surface area contributed by atoms with Crippen LogP contribution in [-0.2, 0) is 9.47 Å². The van der Waals surface area contributed by atoms with Gasteiger partial charge < -0.3 is 9.47 Å². The van der Waals surface area contributed by atoms with E-state index in [1.54, 1.807) is 0 Å². The fourth-order valence-electron chi connectivity index (χ4n) is 5.63. The first-order chi connectivity index (χ1) is 10.1. The van der Waals surface area contributed by atoms with E-state index in [0.29, 0.717) is 42.6 Å². The summed E-state index contributed by atoms with van der Waals surface area (Å²) >= 11 is 4.68. The second kappa shape index (κ2) is 5.10. The van der Waals surface area contributed by atoms with Crippen LogP contribution in [0.5, 0.6) is 0 Å². The van der Waals surface area contributed by atoms with Gasteiger partial charge in [-0.05, 0) is 37.5 Å².